The molecule has 1 fully saturated rings. The summed E-state index contributed by atoms with van der Waals surface area (Å²) in [6.45, 7) is -8.75. The molecule has 0 atom stereocenters. The average Bonchev–Trinajstić information content (AvgIpc) is 2.24. The molecule has 1 saturated heterocycles. The van der Waals surface area contributed by atoms with Crippen LogP contribution < -0.4 is 4.74 Å². The fraction of sp³-hybridized carbons (Fsp3) is 0.444. The molecule has 1 aliphatic rings. The second-order valence-electron chi connectivity index (χ2n) is 2.30. The van der Waals surface area contributed by atoms with Crippen LogP contribution in [-0.2, 0) is 0 Å². The van der Waals surface area contributed by atoms with Crippen molar-refractivity contribution in [1.29, 1.82) is 0 Å². The van der Waals surface area contributed by atoms with Crippen molar-refractivity contribution >= 4 is 15.9 Å². The van der Waals surface area contributed by atoms with Crippen LogP contribution in [0.1, 0.15) is 11.0 Å². The van der Waals surface area contributed by atoms with Crippen molar-refractivity contribution in [2.24, 2.45) is 0 Å². The molecule has 0 bridgehead atoms. The van der Waals surface area contributed by atoms with E-state index >= 15 is 0 Å². The molecule has 3 nitrogen and oxygen atoms in total. The van der Waals surface area contributed by atoms with Crippen molar-refractivity contribution in [2.45, 2.75) is 6.08 Å². The standard InChI is InChI=1S/C9H11BrN2O/c1-12-5-8(6-12)13-9-4-7(10)2-3-11-9/h2-4,8H,5-6H2,1H3/i1D3,5D2,6D2,8D. The van der Waals surface area contributed by atoms with E-state index in [1.54, 1.807) is 6.07 Å². The van der Waals surface area contributed by atoms with Gasteiger partial charge in [0.25, 0.3) is 0 Å². The second kappa shape index (κ2) is 3.64. The topological polar surface area (TPSA) is 25.4 Å². The van der Waals surface area contributed by atoms with Gasteiger partial charge in [-0.25, -0.2) is 4.98 Å². The molecule has 0 N–H and O–H groups in total. The number of nitrogens with zero attached hydrogens (tertiary/aromatic N) is 2. The molecule has 4 heteroatoms. The maximum Gasteiger partial charge on any atom is 0.214 e. The van der Waals surface area contributed by atoms with Crippen molar-refractivity contribution in [2.75, 3.05) is 20.0 Å². The Morgan fingerprint density at radius 2 is 2.77 bits per heavy atom. The third kappa shape index (κ3) is 2.19. The quantitative estimate of drug-likeness (QED) is 0.797. The average molecular weight is 251 g/mol. The number of aromatic nitrogens is 1. The number of likely N-dealkylation sites (N-methyl/N-ethyl adjacent to an activating group) is 1. The van der Waals surface area contributed by atoms with E-state index in [-0.39, 0.29) is 10.8 Å². The molecule has 0 aliphatic carbocycles. The highest BCUT2D eigenvalue weighted by molar-refractivity contribution is 9.10. The van der Waals surface area contributed by atoms with E-state index in [1.807, 2.05) is 0 Å². The molecule has 0 radical (unpaired) electrons. The van der Waals surface area contributed by atoms with Crippen LogP contribution in [0.15, 0.2) is 22.8 Å². The monoisotopic (exact) mass is 250 g/mol. The molecule has 0 unspecified atom stereocenters. The normalized spacial score (nSPS) is 38.5. The number of likely N-dealkylation sites (tertiary alicyclic amines) is 1. The van der Waals surface area contributed by atoms with Gasteiger partial charge < -0.3 is 4.74 Å². The predicted molar refractivity (Wildman–Crippen MR) is 53.9 cm³/mol. The third-order valence-electron chi connectivity index (χ3n) is 1.33. The van der Waals surface area contributed by atoms with Gasteiger partial charge in [-0.05, 0) is 13.0 Å². The lowest BCUT2D eigenvalue weighted by molar-refractivity contribution is 0.0355. The zero-order valence-electron chi connectivity index (χ0n) is 14.4. The Morgan fingerprint density at radius 1 is 1.92 bits per heavy atom. The molecule has 70 valence electrons. The molecule has 0 spiro atoms. The number of hydrogen-bond donors (Lipinski definition) is 0. The molecule has 1 aromatic rings. The highest BCUT2D eigenvalue weighted by Gasteiger charge is 2.25. The van der Waals surface area contributed by atoms with E-state index in [0.717, 1.165) is 0 Å². The number of halogens is 1. The molecule has 2 rings (SSSR count). The van der Waals surface area contributed by atoms with Gasteiger partial charge in [0, 0.05) is 39.3 Å². The molecule has 0 saturated carbocycles. The summed E-state index contributed by atoms with van der Waals surface area (Å²) >= 11 is 3.14. The zero-order valence-corrected chi connectivity index (χ0v) is 8.00. The highest BCUT2D eigenvalue weighted by atomic mass is 79.9. The Kier molecular flexibility index (Phi) is 0.983. The maximum absolute atomic E-state index is 7.97. The van der Waals surface area contributed by atoms with Crippen molar-refractivity contribution in [3.63, 3.8) is 0 Å². The van der Waals surface area contributed by atoms with Crippen LogP contribution in [0, 0.1) is 0 Å². The SMILES string of the molecule is [2H]C([2H])([2H])N1C([2H])([2H])C([2H])(Oc2cc(Br)ccn2)C1([2H])[2H]. The van der Waals surface area contributed by atoms with E-state index < -0.39 is 26.0 Å². The van der Waals surface area contributed by atoms with Crippen LogP contribution in [0.5, 0.6) is 5.88 Å². The maximum atomic E-state index is 7.97. The van der Waals surface area contributed by atoms with E-state index in [0.29, 0.717) is 4.47 Å². The molecule has 1 aromatic heterocycles. The summed E-state index contributed by atoms with van der Waals surface area (Å²) in [6, 6.07) is 2.91. The first kappa shape index (κ1) is 3.51. The van der Waals surface area contributed by atoms with Gasteiger partial charge in [-0.15, -0.1) is 0 Å². The minimum absolute atomic E-state index is 0.0119. The van der Waals surface area contributed by atoms with Crippen LogP contribution in [0.3, 0.4) is 0 Å². The number of rotatable bonds is 2. The summed E-state index contributed by atoms with van der Waals surface area (Å²) in [5.74, 6) is -0.183. The fourth-order valence-electron chi connectivity index (χ4n) is 0.794. The zero-order chi connectivity index (χ0) is 16.3. The summed E-state index contributed by atoms with van der Waals surface area (Å²) in [4.78, 5) is 3.77. The second-order valence-corrected chi connectivity index (χ2v) is 3.22. The first-order chi connectivity index (χ1) is 9.34. The Bertz CT molecular complexity index is 547. The van der Waals surface area contributed by atoms with Crippen LogP contribution in [0.25, 0.3) is 0 Å². The lowest BCUT2D eigenvalue weighted by Crippen LogP contribution is -2.51. The van der Waals surface area contributed by atoms with Gasteiger partial charge in [-0.1, -0.05) is 15.9 Å². The summed E-state index contributed by atoms with van der Waals surface area (Å²) in [6.07, 6.45) is -1.43. The van der Waals surface area contributed by atoms with Gasteiger partial charge in [0.2, 0.25) is 5.88 Å². The molecule has 13 heavy (non-hydrogen) atoms. The van der Waals surface area contributed by atoms with Crippen LogP contribution in [0.2, 0.25) is 0 Å². The fourth-order valence-corrected chi connectivity index (χ4v) is 1.11. The summed E-state index contributed by atoms with van der Waals surface area (Å²) in [5, 5.41) is 0. The Labute approximate surface area is 97.1 Å². The van der Waals surface area contributed by atoms with Gasteiger partial charge in [0.15, 0.2) is 0 Å². The Morgan fingerprint density at radius 3 is 3.46 bits per heavy atom. The first-order valence-electron chi connectivity index (χ1n) is 7.45. The third-order valence-corrected chi connectivity index (χ3v) is 1.82. The first-order valence-corrected chi connectivity index (χ1v) is 4.24. The van der Waals surface area contributed by atoms with Crippen molar-refractivity contribution in [3.05, 3.63) is 22.8 Å². The smallest absolute Gasteiger partial charge is 0.214 e. The number of pyridine rings is 1. The molecule has 1 aliphatic heterocycles. The van der Waals surface area contributed by atoms with Crippen LogP contribution >= 0.6 is 15.9 Å². The Balaban J connectivity index is 2.39. The van der Waals surface area contributed by atoms with E-state index in [4.69, 9.17) is 15.7 Å². The van der Waals surface area contributed by atoms with Crippen molar-refractivity contribution < 1.29 is 15.7 Å². The summed E-state index contributed by atoms with van der Waals surface area (Å²) in [5.41, 5.74) is 0. The van der Waals surface area contributed by atoms with Gasteiger partial charge in [-0.3, -0.25) is 4.90 Å². The van der Waals surface area contributed by atoms with Crippen LogP contribution in [0.4, 0.5) is 0 Å². The minimum Gasteiger partial charge on any atom is -0.472 e. The lowest BCUT2D eigenvalue weighted by Gasteiger charge is -2.35. The predicted octanol–water partition coefficient (Wildman–Crippen LogP) is 1.54. The van der Waals surface area contributed by atoms with Crippen LogP contribution in [-0.4, -0.2) is 35.9 Å². The molecule has 2 heterocycles. The van der Waals surface area contributed by atoms with Gasteiger partial charge in [0.05, 0.1) is 1.37 Å². The van der Waals surface area contributed by atoms with Gasteiger partial charge in [0.1, 0.15) is 6.08 Å². The molecular formula is C9H11BrN2O. The summed E-state index contributed by atoms with van der Waals surface area (Å²) < 4.78 is 66.1. The molecule has 0 amide bonds. The molecular weight excluding hydrogens is 232 g/mol. The number of hydrogen-bond acceptors (Lipinski definition) is 3. The van der Waals surface area contributed by atoms with Crippen molar-refractivity contribution in [3.8, 4) is 5.88 Å². The lowest BCUT2D eigenvalue weighted by atomic mass is 10.2. The van der Waals surface area contributed by atoms with E-state index in [2.05, 4.69) is 20.9 Å². The molecule has 0 aromatic carbocycles. The minimum atomic E-state index is -3.04. The summed E-state index contributed by atoms with van der Waals surface area (Å²) in [7, 11) is 0. The van der Waals surface area contributed by atoms with Gasteiger partial charge in [-0.2, -0.15) is 0 Å². The largest absolute Gasteiger partial charge is 0.472 e. The van der Waals surface area contributed by atoms with Gasteiger partial charge >= 0.3 is 0 Å². The Hall–Kier alpha value is -0.610. The highest BCUT2D eigenvalue weighted by Crippen LogP contribution is 2.18. The van der Waals surface area contributed by atoms with Crippen molar-refractivity contribution in [1.82, 2.24) is 9.88 Å². The van der Waals surface area contributed by atoms with E-state index in [1.165, 1.54) is 12.3 Å². The van der Waals surface area contributed by atoms with E-state index in [9.17, 15) is 0 Å². The number of ether oxygens (including phenoxy) is 1.